The minimum atomic E-state index is -0.517. The molecule has 1 amide bonds. The van der Waals surface area contributed by atoms with Gasteiger partial charge in [-0.3, -0.25) is 20.0 Å². The fourth-order valence-corrected chi connectivity index (χ4v) is 3.02. The maximum absolute atomic E-state index is 13.0. The molecule has 2 aromatic carbocycles. The molecule has 156 valence electrons. The number of anilines is 3. The van der Waals surface area contributed by atoms with E-state index in [2.05, 4.69) is 25.8 Å². The summed E-state index contributed by atoms with van der Waals surface area (Å²) in [6.45, 7) is 4.06. The maximum Gasteiger partial charge on any atom is 0.293 e. The van der Waals surface area contributed by atoms with E-state index < -0.39 is 10.8 Å². The molecule has 0 spiro atoms. The van der Waals surface area contributed by atoms with Gasteiger partial charge in [-0.1, -0.05) is 17.7 Å². The van der Waals surface area contributed by atoms with Crippen molar-refractivity contribution < 1.29 is 9.72 Å². The van der Waals surface area contributed by atoms with Crippen molar-refractivity contribution in [2.45, 2.75) is 20.4 Å². The number of nitrogens with zero attached hydrogens (tertiary/aromatic N) is 4. The quantitative estimate of drug-likeness (QED) is 0.403. The Labute approximate surface area is 173 Å². The highest BCUT2D eigenvalue weighted by atomic mass is 16.6. The van der Waals surface area contributed by atoms with E-state index in [4.69, 9.17) is 0 Å². The van der Waals surface area contributed by atoms with Gasteiger partial charge in [0.25, 0.3) is 11.6 Å². The number of rotatable bonds is 7. The molecule has 0 atom stereocenters. The highest BCUT2D eigenvalue weighted by Crippen LogP contribution is 2.34. The van der Waals surface area contributed by atoms with Gasteiger partial charge >= 0.3 is 0 Å². The number of aromatic amines is 1. The average Bonchev–Trinajstić information content (AvgIpc) is 3.12. The van der Waals surface area contributed by atoms with Crippen LogP contribution in [0.2, 0.25) is 0 Å². The summed E-state index contributed by atoms with van der Waals surface area (Å²) in [4.78, 5) is 30.1. The molecule has 3 aromatic rings. The van der Waals surface area contributed by atoms with Crippen molar-refractivity contribution >= 4 is 28.7 Å². The van der Waals surface area contributed by atoms with Crippen LogP contribution in [0.25, 0.3) is 0 Å². The summed E-state index contributed by atoms with van der Waals surface area (Å²) in [5.41, 5.74) is 2.47. The van der Waals surface area contributed by atoms with Crippen LogP contribution in [0.1, 0.15) is 27.6 Å². The van der Waals surface area contributed by atoms with Gasteiger partial charge in [-0.05, 0) is 32.0 Å². The number of carbonyl (C=O) groups is 1. The first-order chi connectivity index (χ1) is 14.3. The van der Waals surface area contributed by atoms with E-state index in [-0.39, 0.29) is 11.3 Å². The molecule has 0 saturated heterocycles. The average molecular weight is 409 g/mol. The Hall–Kier alpha value is -3.95. The fourth-order valence-electron chi connectivity index (χ4n) is 3.02. The Morgan fingerprint density at radius 1 is 1.23 bits per heavy atom. The van der Waals surface area contributed by atoms with Crippen molar-refractivity contribution in [2.75, 3.05) is 29.6 Å². The third-order valence-corrected chi connectivity index (χ3v) is 4.57. The Morgan fingerprint density at radius 3 is 2.50 bits per heavy atom. The van der Waals surface area contributed by atoms with E-state index in [9.17, 15) is 14.9 Å². The van der Waals surface area contributed by atoms with Crippen molar-refractivity contribution in [1.29, 1.82) is 0 Å². The molecule has 3 N–H and O–H groups in total. The van der Waals surface area contributed by atoms with Gasteiger partial charge in [0.15, 0.2) is 5.82 Å². The molecular weight excluding hydrogens is 386 g/mol. The Kier molecular flexibility index (Phi) is 5.95. The number of nitrogens with one attached hydrogen (secondary N) is 3. The van der Waals surface area contributed by atoms with Gasteiger partial charge < -0.3 is 15.5 Å². The number of nitro benzene ring substituents is 1. The molecule has 0 aliphatic heterocycles. The standard InChI is InChI=1S/C20H23N7O3/c1-12-5-7-14(8-6-12)23-20(28)15-9-18(27(29)30)16(21-3)10-17(15)26(4)11-19-22-13(2)24-25-19/h5-10,21H,11H2,1-4H3,(H,23,28)(H,22,24,25). The van der Waals surface area contributed by atoms with Gasteiger partial charge in [-0.15, -0.1) is 0 Å². The zero-order valence-corrected chi connectivity index (χ0v) is 17.2. The lowest BCUT2D eigenvalue weighted by molar-refractivity contribution is -0.383. The highest BCUT2D eigenvalue weighted by molar-refractivity contribution is 6.09. The lowest BCUT2D eigenvalue weighted by Gasteiger charge is -2.22. The van der Waals surface area contributed by atoms with E-state index in [1.165, 1.54) is 6.07 Å². The van der Waals surface area contributed by atoms with Gasteiger partial charge in [-0.25, -0.2) is 4.98 Å². The summed E-state index contributed by atoms with van der Waals surface area (Å²) in [7, 11) is 3.37. The number of aryl methyl sites for hydroxylation is 2. The molecule has 0 aliphatic carbocycles. The number of benzene rings is 2. The summed E-state index contributed by atoms with van der Waals surface area (Å²) in [6, 6.07) is 10.2. The lowest BCUT2D eigenvalue weighted by Crippen LogP contribution is -2.23. The predicted octanol–water partition coefficient (Wildman–Crippen LogP) is 3.26. The van der Waals surface area contributed by atoms with E-state index in [1.807, 2.05) is 19.1 Å². The molecule has 0 bridgehead atoms. The monoisotopic (exact) mass is 409 g/mol. The molecule has 10 nitrogen and oxygen atoms in total. The van der Waals surface area contributed by atoms with E-state index in [0.717, 1.165) is 5.56 Å². The zero-order valence-electron chi connectivity index (χ0n) is 17.2. The van der Waals surface area contributed by atoms with Crippen molar-refractivity contribution in [3.8, 4) is 0 Å². The van der Waals surface area contributed by atoms with E-state index in [0.29, 0.717) is 35.3 Å². The van der Waals surface area contributed by atoms with Gasteiger partial charge in [0.05, 0.1) is 22.7 Å². The van der Waals surface area contributed by atoms with Gasteiger partial charge in [0, 0.05) is 25.8 Å². The second kappa shape index (κ2) is 8.60. The molecule has 0 saturated carbocycles. The van der Waals surface area contributed by atoms with Crippen LogP contribution in [0, 0.1) is 24.0 Å². The van der Waals surface area contributed by atoms with Crippen molar-refractivity contribution in [1.82, 2.24) is 15.2 Å². The topological polar surface area (TPSA) is 129 Å². The number of hydrogen-bond acceptors (Lipinski definition) is 7. The minimum absolute atomic E-state index is 0.177. The molecule has 0 unspecified atom stereocenters. The van der Waals surface area contributed by atoms with Crippen LogP contribution in [0.15, 0.2) is 36.4 Å². The molecule has 3 rings (SSSR count). The van der Waals surface area contributed by atoms with Crippen LogP contribution < -0.4 is 15.5 Å². The second-order valence-electron chi connectivity index (χ2n) is 6.91. The molecule has 0 radical (unpaired) electrons. The molecule has 1 heterocycles. The lowest BCUT2D eigenvalue weighted by atomic mass is 10.1. The van der Waals surface area contributed by atoms with Gasteiger partial charge in [-0.2, -0.15) is 5.10 Å². The first kappa shape index (κ1) is 20.8. The normalized spacial score (nSPS) is 10.5. The minimum Gasteiger partial charge on any atom is -0.383 e. The third kappa shape index (κ3) is 4.54. The van der Waals surface area contributed by atoms with Gasteiger partial charge in [0.1, 0.15) is 11.5 Å². The van der Waals surface area contributed by atoms with Crippen molar-refractivity contribution in [2.24, 2.45) is 0 Å². The molecular formula is C20H23N7O3. The Balaban J connectivity index is 2.01. The Bertz CT molecular complexity index is 1080. The van der Waals surface area contributed by atoms with E-state index >= 15 is 0 Å². The second-order valence-corrected chi connectivity index (χ2v) is 6.91. The maximum atomic E-state index is 13.0. The molecule has 0 aliphatic rings. The highest BCUT2D eigenvalue weighted by Gasteiger charge is 2.24. The summed E-state index contributed by atoms with van der Waals surface area (Å²) >= 11 is 0. The molecule has 10 heteroatoms. The van der Waals surface area contributed by atoms with Crippen LogP contribution in [-0.4, -0.2) is 40.1 Å². The molecule has 1 aromatic heterocycles. The van der Waals surface area contributed by atoms with Crippen LogP contribution in [0.5, 0.6) is 0 Å². The number of amides is 1. The zero-order chi connectivity index (χ0) is 21.8. The third-order valence-electron chi connectivity index (χ3n) is 4.57. The smallest absolute Gasteiger partial charge is 0.293 e. The number of nitro groups is 1. The fraction of sp³-hybridized carbons (Fsp3) is 0.250. The Morgan fingerprint density at radius 2 is 1.93 bits per heavy atom. The van der Waals surface area contributed by atoms with Crippen molar-refractivity contribution in [3.05, 3.63) is 69.3 Å². The van der Waals surface area contributed by atoms with E-state index in [1.54, 1.807) is 44.1 Å². The van der Waals surface area contributed by atoms with Crippen LogP contribution in [0.4, 0.5) is 22.7 Å². The summed E-state index contributed by atoms with van der Waals surface area (Å²) in [5, 5.41) is 24.0. The molecule has 0 fully saturated rings. The largest absolute Gasteiger partial charge is 0.383 e. The number of aromatic nitrogens is 3. The number of hydrogen-bond donors (Lipinski definition) is 3. The summed E-state index contributed by atoms with van der Waals surface area (Å²) < 4.78 is 0. The SMILES string of the molecule is CNc1cc(N(C)Cc2n[nH]c(C)n2)c(C(=O)Nc2ccc(C)cc2)cc1[N+](=O)[O-]. The van der Waals surface area contributed by atoms with Crippen molar-refractivity contribution in [3.63, 3.8) is 0 Å². The first-order valence-corrected chi connectivity index (χ1v) is 9.25. The van der Waals surface area contributed by atoms with Gasteiger partial charge in [0.2, 0.25) is 0 Å². The first-order valence-electron chi connectivity index (χ1n) is 9.25. The number of carbonyl (C=O) groups excluding carboxylic acids is 1. The predicted molar refractivity (Wildman–Crippen MR) is 115 cm³/mol. The number of H-pyrrole nitrogens is 1. The summed E-state index contributed by atoms with van der Waals surface area (Å²) in [5.74, 6) is 0.775. The summed E-state index contributed by atoms with van der Waals surface area (Å²) in [6.07, 6.45) is 0. The van der Waals surface area contributed by atoms with Crippen LogP contribution >= 0.6 is 0 Å². The van der Waals surface area contributed by atoms with Crippen LogP contribution in [-0.2, 0) is 6.54 Å². The van der Waals surface area contributed by atoms with Crippen LogP contribution in [0.3, 0.4) is 0 Å². The molecule has 30 heavy (non-hydrogen) atoms.